The minimum atomic E-state index is -4.42. The van der Waals surface area contributed by atoms with Crippen LogP contribution in [0, 0.1) is 0 Å². The summed E-state index contributed by atoms with van der Waals surface area (Å²) in [6, 6.07) is 12.1. The molecule has 0 aliphatic heterocycles. The summed E-state index contributed by atoms with van der Waals surface area (Å²) in [6.07, 6.45) is -2.86. The number of nitrogens with one attached hydrogen (secondary N) is 1. The molecular weight excluding hydrogens is 359 g/mol. The Morgan fingerprint density at radius 3 is 2.59 bits per heavy atom. The van der Waals surface area contributed by atoms with Crippen molar-refractivity contribution in [2.24, 2.45) is 16.7 Å². The van der Waals surface area contributed by atoms with Crippen molar-refractivity contribution in [3.63, 3.8) is 0 Å². The van der Waals surface area contributed by atoms with Crippen molar-refractivity contribution in [3.8, 4) is 0 Å². The zero-order valence-corrected chi connectivity index (χ0v) is 14.0. The summed E-state index contributed by atoms with van der Waals surface area (Å²) >= 11 is 0. The smallest absolute Gasteiger partial charge is 0.368 e. The Kier molecular flexibility index (Phi) is 4.76. The number of amides is 1. The molecule has 0 saturated carbocycles. The van der Waals surface area contributed by atoms with Gasteiger partial charge in [0.15, 0.2) is 0 Å². The van der Waals surface area contributed by atoms with Crippen molar-refractivity contribution in [1.29, 1.82) is 0 Å². The highest BCUT2D eigenvalue weighted by Gasteiger charge is 2.30. The molecule has 9 heteroatoms. The van der Waals surface area contributed by atoms with Crippen molar-refractivity contribution < 1.29 is 18.0 Å². The van der Waals surface area contributed by atoms with Crippen molar-refractivity contribution in [2.45, 2.75) is 12.7 Å². The quantitative estimate of drug-likeness (QED) is 0.284. The van der Waals surface area contributed by atoms with Gasteiger partial charge in [0.05, 0.1) is 11.1 Å². The second kappa shape index (κ2) is 7.02. The number of carbonyl (C=O) groups is 1. The molecule has 0 atom stereocenters. The number of fused-ring (bicyclic) bond motifs is 1. The predicted octanol–water partition coefficient (Wildman–Crippen LogP) is 2.63. The van der Waals surface area contributed by atoms with Gasteiger partial charge in [-0.25, -0.2) is 0 Å². The number of hydrazone groups is 1. The number of nitrogens with zero attached hydrogens (tertiary/aromatic N) is 2. The van der Waals surface area contributed by atoms with E-state index in [0.717, 1.165) is 12.1 Å². The highest BCUT2D eigenvalue weighted by Crippen LogP contribution is 2.30. The van der Waals surface area contributed by atoms with Crippen LogP contribution < -0.4 is 16.9 Å². The van der Waals surface area contributed by atoms with E-state index in [1.807, 2.05) is 0 Å². The van der Waals surface area contributed by atoms with Crippen LogP contribution in [0.1, 0.15) is 21.5 Å². The topological polar surface area (TPSA) is 98.4 Å². The van der Waals surface area contributed by atoms with Gasteiger partial charge in [0.2, 0.25) is 5.96 Å². The molecule has 0 aliphatic carbocycles. The van der Waals surface area contributed by atoms with Crippen molar-refractivity contribution in [3.05, 3.63) is 71.4 Å². The zero-order valence-electron chi connectivity index (χ0n) is 14.0. The Balaban J connectivity index is 2.00. The van der Waals surface area contributed by atoms with Gasteiger partial charge in [0, 0.05) is 23.6 Å². The molecule has 0 fully saturated rings. The molecule has 6 nitrogen and oxygen atoms in total. The summed E-state index contributed by atoms with van der Waals surface area (Å²) < 4.78 is 40.5. The number of benzene rings is 2. The van der Waals surface area contributed by atoms with Crippen LogP contribution in [0.3, 0.4) is 0 Å². The SMILES string of the molecule is N/N=C(\N)NC(=O)c1cn(Cc2cccc(C(F)(F)F)c2)c2ccccc12. The number of guanidine groups is 1. The van der Waals surface area contributed by atoms with E-state index in [9.17, 15) is 18.0 Å². The molecule has 1 amide bonds. The van der Waals surface area contributed by atoms with Crippen LogP contribution >= 0.6 is 0 Å². The van der Waals surface area contributed by atoms with Crippen LogP contribution in [-0.4, -0.2) is 16.4 Å². The molecule has 3 rings (SSSR count). The van der Waals surface area contributed by atoms with Crippen molar-refractivity contribution in [2.75, 3.05) is 0 Å². The number of hydrogen-bond donors (Lipinski definition) is 3. The maximum absolute atomic E-state index is 12.9. The Bertz CT molecular complexity index is 1020. The third kappa shape index (κ3) is 3.86. The van der Waals surface area contributed by atoms with Crippen LogP contribution in [0.5, 0.6) is 0 Å². The minimum absolute atomic E-state index is 0.165. The Morgan fingerprint density at radius 2 is 1.89 bits per heavy atom. The monoisotopic (exact) mass is 375 g/mol. The number of nitrogens with two attached hydrogens (primary N) is 2. The highest BCUT2D eigenvalue weighted by molar-refractivity contribution is 6.12. The van der Waals surface area contributed by atoms with Gasteiger partial charge in [-0.2, -0.15) is 13.2 Å². The number of aromatic nitrogens is 1. The maximum atomic E-state index is 12.9. The molecule has 2 aromatic carbocycles. The van der Waals surface area contributed by atoms with Gasteiger partial charge < -0.3 is 16.1 Å². The van der Waals surface area contributed by atoms with Gasteiger partial charge >= 0.3 is 6.18 Å². The number of hydrogen-bond acceptors (Lipinski definition) is 3. The third-order valence-corrected chi connectivity index (χ3v) is 4.02. The lowest BCUT2D eigenvalue weighted by atomic mass is 10.1. The van der Waals surface area contributed by atoms with Crippen LogP contribution in [0.15, 0.2) is 59.8 Å². The molecule has 3 aromatic rings. The van der Waals surface area contributed by atoms with Gasteiger partial charge in [0.1, 0.15) is 0 Å². The molecule has 0 saturated heterocycles. The molecule has 27 heavy (non-hydrogen) atoms. The molecule has 0 aliphatic rings. The lowest BCUT2D eigenvalue weighted by Gasteiger charge is -2.10. The third-order valence-electron chi connectivity index (χ3n) is 4.02. The standard InChI is InChI=1S/C18H16F3N5O/c19-18(20,21)12-5-3-4-11(8-12)9-26-10-14(16(27)24-17(22)25-23)13-6-1-2-7-15(13)26/h1-8,10H,9,23H2,(H3,22,24,25,27). The second-order valence-corrected chi connectivity index (χ2v) is 5.85. The fraction of sp³-hybridized carbons (Fsp3) is 0.111. The van der Waals surface area contributed by atoms with Crippen LogP contribution in [0.4, 0.5) is 13.2 Å². The first kappa shape index (κ1) is 18.3. The average molecular weight is 375 g/mol. The van der Waals surface area contributed by atoms with E-state index in [1.165, 1.54) is 6.07 Å². The first-order chi connectivity index (χ1) is 12.8. The first-order valence-corrected chi connectivity index (χ1v) is 7.88. The van der Waals surface area contributed by atoms with Gasteiger partial charge in [-0.05, 0) is 23.8 Å². The molecule has 0 spiro atoms. The van der Waals surface area contributed by atoms with Crippen LogP contribution in [0.2, 0.25) is 0 Å². The number of rotatable bonds is 3. The molecule has 1 heterocycles. The molecule has 0 radical (unpaired) electrons. The van der Waals surface area contributed by atoms with Crippen LogP contribution in [0.25, 0.3) is 10.9 Å². The Morgan fingerprint density at radius 1 is 1.15 bits per heavy atom. The Labute approximate surface area is 152 Å². The lowest BCUT2D eigenvalue weighted by molar-refractivity contribution is -0.137. The summed E-state index contributed by atoms with van der Waals surface area (Å²) in [7, 11) is 0. The summed E-state index contributed by atoms with van der Waals surface area (Å²) in [4.78, 5) is 12.4. The van der Waals surface area contributed by atoms with Gasteiger partial charge in [-0.1, -0.05) is 30.3 Å². The van der Waals surface area contributed by atoms with E-state index in [1.54, 1.807) is 41.1 Å². The van der Waals surface area contributed by atoms with E-state index in [0.29, 0.717) is 22.0 Å². The summed E-state index contributed by atoms with van der Waals surface area (Å²) in [5.41, 5.74) is 6.17. The fourth-order valence-corrected chi connectivity index (χ4v) is 2.82. The minimum Gasteiger partial charge on any atom is -0.368 e. The van der Waals surface area contributed by atoms with E-state index in [-0.39, 0.29) is 12.5 Å². The lowest BCUT2D eigenvalue weighted by Crippen LogP contribution is -2.37. The fourth-order valence-electron chi connectivity index (χ4n) is 2.82. The van der Waals surface area contributed by atoms with Gasteiger partial charge in [-0.15, -0.1) is 5.10 Å². The molecule has 140 valence electrons. The molecule has 5 N–H and O–H groups in total. The molecule has 1 aromatic heterocycles. The largest absolute Gasteiger partial charge is 0.416 e. The molecular formula is C18H16F3N5O. The summed E-state index contributed by atoms with van der Waals surface area (Å²) in [6.45, 7) is 0.165. The first-order valence-electron chi connectivity index (χ1n) is 7.88. The van der Waals surface area contributed by atoms with E-state index in [4.69, 9.17) is 11.6 Å². The van der Waals surface area contributed by atoms with Gasteiger partial charge in [0.25, 0.3) is 5.91 Å². The zero-order chi connectivity index (χ0) is 19.6. The summed E-state index contributed by atoms with van der Waals surface area (Å²) in [5.74, 6) is 4.26. The van der Waals surface area contributed by atoms with Crippen molar-refractivity contribution in [1.82, 2.24) is 9.88 Å². The molecule has 0 unspecified atom stereocenters. The van der Waals surface area contributed by atoms with Crippen molar-refractivity contribution >= 4 is 22.8 Å². The Hall–Kier alpha value is -3.49. The second-order valence-electron chi connectivity index (χ2n) is 5.85. The van der Waals surface area contributed by atoms with E-state index < -0.39 is 17.6 Å². The maximum Gasteiger partial charge on any atom is 0.416 e. The summed E-state index contributed by atoms with van der Waals surface area (Å²) in [5, 5.41) is 6.17. The van der Waals surface area contributed by atoms with Crippen LogP contribution in [-0.2, 0) is 12.7 Å². The molecule has 0 bridgehead atoms. The highest BCUT2D eigenvalue weighted by atomic mass is 19.4. The number of carbonyl (C=O) groups excluding carboxylic acids is 1. The van der Waals surface area contributed by atoms with E-state index >= 15 is 0 Å². The van der Waals surface area contributed by atoms with E-state index in [2.05, 4.69) is 10.4 Å². The van der Waals surface area contributed by atoms with Gasteiger partial charge in [-0.3, -0.25) is 10.1 Å². The normalized spacial score (nSPS) is 12.3. The number of halogens is 3. The predicted molar refractivity (Wildman–Crippen MR) is 95.8 cm³/mol. The number of para-hydroxylation sites is 1. The number of alkyl halides is 3. The average Bonchev–Trinajstić information content (AvgIpc) is 3.00.